The highest BCUT2D eigenvalue weighted by Crippen LogP contribution is 2.24. The Morgan fingerprint density at radius 1 is 1.12 bits per heavy atom. The van der Waals surface area contributed by atoms with Gasteiger partial charge in [-0.1, -0.05) is 56.6 Å². The zero-order valence-corrected chi connectivity index (χ0v) is 21.9. The van der Waals surface area contributed by atoms with E-state index in [0.717, 1.165) is 31.5 Å². The van der Waals surface area contributed by atoms with Crippen molar-refractivity contribution in [2.75, 3.05) is 39.3 Å². The molecule has 0 aromatic heterocycles. The Morgan fingerprint density at radius 2 is 1.76 bits per heavy atom. The number of carbonyl (C=O) groups is 1. The average molecular weight is 506 g/mol. The topological polar surface area (TPSA) is 69.7 Å². The van der Waals surface area contributed by atoms with Gasteiger partial charge in [-0.25, -0.2) is 8.42 Å². The van der Waals surface area contributed by atoms with Gasteiger partial charge < -0.3 is 5.32 Å². The lowest BCUT2D eigenvalue weighted by molar-refractivity contribution is 0.0986. The summed E-state index contributed by atoms with van der Waals surface area (Å²) >= 11 is 6.06. The van der Waals surface area contributed by atoms with Crippen molar-refractivity contribution < 1.29 is 13.2 Å². The van der Waals surface area contributed by atoms with E-state index in [1.807, 2.05) is 24.3 Å². The number of hydrogen-bond acceptors (Lipinski definition) is 5. The molecule has 3 rings (SSSR count). The van der Waals surface area contributed by atoms with Crippen LogP contribution in [0, 0.1) is 5.92 Å². The Hall–Kier alpha value is -1.77. The van der Waals surface area contributed by atoms with Crippen LogP contribution in [0.5, 0.6) is 0 Å². The van der Waals surface area contributed by atoms with Crippen molar-refractivity contribution in [1.29, 1.82) is 0 Å². The molecule has 1 fully saturated rings. The number of nitrogens with zero attached hydrogens (tertiary/aromatic N) is 2. The predicted octanol–water partition coefficient (Wildman–Crippen LogP) is 4.62. The lowest BCUT2D eigenvalue weighted by atomic mass is 10.0. The molecule has 0 saturated carbocycles. The quantitative estimate of drug-likeness (QED) is 0.451. The van der Waals surface area contributed by atoms with Gasteiger partial charge in [0.25, 0.3) is 0 Å². The molecule has 6 nitrogen and oxygen atoms in total. The molecule has 8 heteroatoms. The minimum Gasteiger partial charge on any atom is -0.308 e. The maximum Gasteiger partial charge on any atom is 0.243 e. The normalized spacial score (nSPS) is 16.6. The largest absolute Gasteiger partial charge is 0.308 e. The second-order valence-corrected chi connectivity index (χ2v) is 11.3. The van der Waals surface area contributed by atoms with E-state index >= 15 is 0 Å². The van der Waals surface area contributed by atoms with Gasteiger partial charge in [0.05, 0.1) is 11.4 Å². The molecule has 1 aliphatic rings. The zero-order valence-electron chi connectivity index (χ0n) is 20.3. The van der Waals surface area contributed by atoms with Crippen LogP contribution in [0.1, 0.15) is 55.6 Å². The molecule has 1 N–H and O–H groups in total. The number of benzene rings is 2. The zero-order chi connectivity index (χ0) is 24.7. The van der Waals surface area contributed by atoms with Gasteiger partial charge in [-0.05, 0) is 61.7 Å². The van der Waals surface area contributed by atoms with Gasteiger partial charge in [0.2, 0.25) is 10.0 Å². The summed E-state index contributed by atoms with van der Waals surface area (Å²) in [6.07, 6.45) is 1.73. The summed E-state index contributed by atoms with van der Waals surface area (Å²) in [5, 5.41) is 3.98. The smallest absolute Gasteiger partial charge is 0.243 e. The Morgan fingerprint density at radius 3 is 2.38 bits per heavy atom. The summed E-state index contributed by atoms with van der Waals surface area (Å²) in [7, 11) is -3.59. The molecular formula is C26H36ClN3O3S. The maximum atomic E-state index is 13.1. The molecule has 34 heavy (non-hydrogen) atoms. The van der Waals surface area contributed by atoms with Crippen molar-refractivity contribution in [1.82, 2.24) is 14.5 Å². The summed E-state index contributed by atoms with van der Waals surface area (Å²) in [5.74, 6) is 0.414. The molecule has 0 radical (unpaired) electrons. The molecule has 1 aliphatic heterocycles. The third kappa shape index (κ3) is 6.67. The van der Waals surface area contributed by atoms with Crippen LogP contribution in [0.2, 0.25) is 5.02 Å². The Bertz CT molecular complexity index is 1050. The third-order valence-electron chi connectivity index (χ3n) is 6.67. The fraction of sp³-hybridized carbons (Fsp3) is 0.500. The van der Waals surface area contributed by atoms with E-state index in [1.165, 1.54) is 10.4 Å². The first-order chi connectivity index (χ1) is 16.3. The number of Topliss-reactive ketones (excluding diaryl/α,β-unsaturated/α-hetero) is 1. The fourth-order valence-corrected chi connectivity index (χ4v) is 6.08. The summed E-state index contributed by atoms with van der Waals surface area (Å²) in [6.45, 7) is 9.94. The van der Waals surface area contributed by atoms with E-state index in [-0.39, 0.29) is 23.3 Å². The van der Waals surface area contributed by atoms with Gasteiger partial charge in [-0.3, -0.25) is 9.69 Å². The van der Waals surface area contributed by atoms with E-state index in [0.29, 0.717) is 36.1 Å². The number of hydrogen-bond donors (Lipinski definition) is 1. The van der Waals surface area contributed by atoms with E-state index in [4.69, 9.17) is 11.6 Å². The first-order valence-corrected chi connectivity index (χ1v) is 13.9. The number of halogens is 1. The standard InChI is InChI=1S/C26H36ClN3O3S/c1-4-29(5-2)25(21-9-11-23(27)12-10-21)18-28-19-26(31)22-7-6-8-24(17-22)34(32,33)30-15-13-20(3)14-16-30/h6-12,17,20,25,28H,4-5,13-16,18-19H2,1-3H3. The van der Waals surface area contributed by atoms with Gasteiger partial charge in [0.1, 0.15) is 0 Å². The molecule has 0 amide bonds. The fourth-order valence-electron chi connectivity index (χ4n) is 4.44. The van der Waals surface area contributed by atoms with Gasteiger partial charge in [-0.15, -0.1) is 0 Å². The highest BCUT2D eigenvalue weighted by molar-refractivity contribution is 7.89. The summed E-state index contributed by atoms with van der Waals surface area (Å²) in [6, 6.07) is 14.3. The minimum atomic E-state index is -3.59. The van der Waals surface area contributed by atoms with Crippen LogP contribution in [0.3, 0.4) is 0 Å². The van der Waals surface area contributed by atoms with Crippen LogP contribution in [-0.2, 0) is 10.0 Å². The Balaban J connectivity index is 1.66. The van der Waals surface area contributed by atoms with Crippen molar-refractivity contribution in [3.05, 3.63) is 64.7 Å². The summed E-state index contributed by atoms with van der Waals surface area (Å²) in [4.78, 5) is 15.4. The van der Waals surface area contributed by atoms with Crippen LogP contribution in [0.4, 0.5) is 0 Å². The molecule has 1 saturated heterocycles. The summed E-state index contributed by atoms with van der Waals surface area (Å²) in [5.41, 5.74) is 1.54. The number of carbonyl (C=O) groups excluding carboxylic acids is 1. The number of sulfonamides is 1. The monoisotopic (exact) mass is 505 g/mol. The first-order valence-electron chi connectivity index (χ1n) is 12.1. The molecule has 1 unspecified atom stereocenters. The number of ketones is 1. The molecule has 0 bridgehead atoms. The van der Waals surface area contributed by atoms with Crippen LogP contribution >= 0.6 is 11.6 Å². The summed E-state index contributed by atoms with van der Waals surface area (Å²) < 4.78 is 27.7. The van der Waals surface area contributed by atoms with Crippen molar-refractivity contribution in [3.8, 4) is 0 Å². The molecule has 1 heterocycles. The molecule has 0 spiro atoms. The molecular weight excluding hydrogens is 470 g/mol. The van der Waals surface area contributed by atoms with Crippen molar-refractivity contribution >= 4 is 27.4 Å². The van der Waals surface area contributed by atoms with Crippen LogP contribution < -0.4 is 5.32 Å². The molecule has 2 aromatic carbocycles. The SMILES string of the molecule is CCN(CC)C(CNCC(=O)c1cccc(S(=O)(=O)N2CCC(C)CC2)c1)c1ccc(Cl)cc1. The van der Waals surface area contributed by atoms with Crippen LogP contribution in [-0.4, -0.2) is 62.7 Å². The third-order valence-corrected chi connectivity index (χ3v) is 8.81. The van der Waals surface area contributed by atoms with Crippen molar-refractivity contribution in [2.24, 2.45) is 5.92 Å². The number of rotatable bonds is 11. The second kappa shape index (κ2) is 12.3. The lowest BCUT2D eigenvalue weighted by Crippen LogP contribution is -2.38. The van der Waals surface area contributed by atoms with Gasteiger partial charge in [0, 0.05) is 36.3 Å². The number of nitrogens with one attached hydrogen (secondary N) is 1. The minimum absolute atomic E-state index is 0.105. The number of likely N-dealkylation sites (N-methyl/N-ethyl adjacent to an activating group) is 1. The second-order valence-electron chi connectivity index (χ2n) is 8.96. The van der Waals surface area contributed by atoms with Crippen molar-refractivity contribution in [2.45, 2.75) is 44.6 Å². The van der Waals surface area contributed by atoms with Gasteiger partial charge in [0.15, 0.2) is 5.78 Å². The maximum absolute atomic E-state index is 13.1. The Kier molecular flexibility index (Phi) is 9.68. The average Bonchev–Trinajstić information content (AvgIpc) is 2.84. The Labute approximate surface area is 209 Å². The lowest BCUT2D eigenvalue weighted by Gasteiger charge is -2.30. The first kappa shape index (κ1) is 26.8. The number of piperidine rings is 1. The molecule has 186 valence electrons. The van der Waals surface area contributed by atoms with Gasteiger partial charge >= 0.3 is 0 Å². The highest BCUT2D eigenvalue weighted by atomic mass is 35.5. The van der Waals surface area contributed by atoms with Crippen LogP contribution in [0.25, 0.3) is 0 Å². The van der Waals surface area contributed by atoms with E-state index in [1.54, 1.807) is 18.2 Å². The van der Waals surface area contributed by atoms with E-state index in [2.05, 4.69) is 31.0 Å². The van der Waals surface area contributed by atoms with Gasteiger partial charge in [-0.2, -0.15) is 4.31 Å². The molecule has 0 aliphatic carbocycles. The molecule has 1 atom stereocenters. The highest BCUT2D eigenvalue weighted by Gasteiger charge is 2.28. The van der Waals surface area contributed by atoms with E-state index < -0.39 is 10.0 Å². The van der Waals surface area contributed by atoms with Crippen molar-refractivity contribution in [3.63, 3.8) is 0 Å². The van der Waals surface area contributed by atoms with Crippen LogP contribution in [0.15, 0.2) is 53.4 Å². The molecule has 2 aromatic rings. The predicted molar refractivity (Wildman–Crippen MR) is 138 cm³/mol. The van der Waals surface area contributed by atoms with E-state index in [9.17, 15) is 13.2 Å².